The summed E-state index contributed by atoms with van der Waals surface area (Å²) < 4.78 is 16.5. The fourth-order valence-corrected chi connectivity index (χ4v) is 3.78. The summed E-state index contributed by atoms with van der Waals surface area (Å²) in [5, 5.41) is 1.80. The SMILES string of the molecule is CC(Cl)c1nc2ccc(F)cc2n1Cc1cc(Br)cs1. The van der Waals surface area contributed by atoms with Crippen molar-refractivity contribution in [1.29, 1.82) is 0 Å². The van der Waals surface area contributed by atoms with Gasteiger partial charge in [-0.3, -0.25) is 0 Å². The van der Waals surface area contributed by atoms with E-state index >= 15 is 0 Å². The van der Waals surface area contributed by atoms with Gasteiger partial charge in [0.2, 0.25) is 0 Å². The van der Waals surface area contributed by atoms with Gasteiger partial charge in [0.1, 0.15) is 11.6 Å². The Morgan fingerprint density at radius 1 is 1.45 bits per heavy atom. The highest BCUT2D eigenvalue weighted by molar-refractivity contribution is 9.10. The molecule has 0 bridgehead atoms. The van der Waals surface area contributed by atoms with Crippen molar-refractivity contribution in [1.82, 2.24) is 9.55 Å². The zero-order valence-corrected chi connectivity index (χ0v) is 13.8. The normalized spacial score (nSPS) is 13.0. The van der Waals surface area contributed by atoms with Crippen LogP contribution in [0.15, 0.2) is 34.1 Å². The van der Waals surface area contributed by atoms with Gasteiger partial charge >= 0.3 is 0 Å². The monoisotopic (exact) mass is 372 g/mol. The van der Waals surface area contributed by atoms with Gasteiger partial charge in [0.15, 0.2) is 0 Å². The first-order chi connectivity index (χ1) is 9.54. The summed E-state index contributed by atoms with van der Waals surface area (Å²) >= 11 is 11.3. The predicted molar refractivity (Wildman–Crippen MR) is 85.1 cm³/mol. The Kier molecular flexibility index (Phi) is 3.84. The minimum atomic E-state index is -0.264. The van der Waals surface area contributed by atoms with E-state index < -0.39 is 0 Å². The molecule has 0 aliphatic carbocycles. The third-order valence-electron chi connectivity index (χ3n) is 3.03. The molecule has 6 heteroatoms. The van der Waals surface area contributed by atoms with Crippen LogP contribution in [0.25, 0.3) is 11.0 Å². The van der Waals surface area contributed by atoms with Gasteiger partial charge < -0.3 is 4.57 Å². The van der Waals surface area contributed by atoms with Crippen molar-refractivity contribution in [3.05, 3.63) is 50.6 Å². The van der Waals surface area contributed by atoms with E-state index in [1.165, 1.54) is 17.0 Å². The molecule has 20 heavy (non-hydrogen) atoms. The van der Waals surface area contributed by atoms with E-state index in [9.17, 15) is 4.39 Å². The molecule has 104 valence electrons. The minimum Gasteiger partial charge on any atom is -0.321 e. The maximum atomic E-state index is 13.5. The Labute approximate surface area is 133 Å². The Hall–Kier alpha value is -0.910. The second kappa shape index (κ2) is 5.47. The number of alkyl halides is 1. The maximum Gasteiger partial charge on any atom is 0.128 e. The molecule has 2 nitrogen and oxygen atoms in total. The highest BCUT2D eigenvalue weighted by atomic mass is 79.9. The van der Waals surface area contributed by atoms with Crippen LogP contribution in [-0.4, -0.2) is 9.55 Å². The Morgan fingerprint density at radius 3 is 2.90 bits per heavy atom. The van der Waals surface area contributed by atoms with E-state index in [0.29, 0.717) is 6.54 Å². The molecule has 0 radical (unpaired) electrons. The first-order valence-corrected chi connectivity index (χ1v) is 8.18. The summed E-state index contributed by atoms with van der Waals surface area (Å²) in [6.07, 6.45) is 0. The van der Waals surface area contributed by atoms with Crippen molar-refractivity contribution in [3.63, 3.8) is 0 Å². The van der Waals surface area contributed by atoms with E-state index in [0.717, 1.165) is 21.3 Å². The van der Waals surface area contributed by atoms with Gasteiger partial charge in [0.05, 0.1) is 23.0 Å². The third-order valence-corrected chi connectivity index (χ3v) is 4.91. The van der Waals surface area contributed by atoms with Crippen LogP contribution >= 0.6 is 38.9 Å². The zero-order chi connectivity index (χ0) is 14.3. The highest BCUT2D eigenvalue weighted by Crippen LogP contribution is 2.28. The summed E-state index contributed by atoms with van der Waals surface area (Å²) in [5.41, 5.74) is 1.54. The Morgan fingerprint density at radius 2 is 2.25 bits per heavy atom. The van der Waals surface area contributed by atoms with Crippen molar-refractivity contribution in [2.24, 2.45) is 0 Å². The molecule has 3 rings (SSSR count). The molecule has 3 aromatic rings. The average Bonchev–Trinajstić information content (AvgIpc) is 2.95. The van der Waals surface area contributed by atoms with Gasteiger partial charge in [-0.1, -0.05) is 0 Å². The van der Waals surface area contributed by atoms with E-state index in [4.69, 9.17) is 11.6 Å². The summed E-state index contributed by atoms with van der Waals surface area (Å²) in [6, 6.07) is 6.67. The van der Waals surface area contributed by atoms with Gasteiger partial charge in [-0.2, -0.15) is 0 Å². The number of rotatable bonds is 3. The fraction of sp³-hybridized carbons (Fsp3) is 0.214. The molecule has 0 aliphatic rings. The lowest BCUT2D eigenvalue weighted by Crippen LogP contribution is -2.04. The van der Waals surface area contributed by atoms with Crippen LogP contribution in [0, 0.1) is 5.82 Å². The number of imidazole rings is 1. The molecule has 0 saturated heterocycles. The van der Waals surface area contributed by atoms with Gasteiger partial charge in [-0.25, -0.2) is 9.37 Å². The molecule has 0 aliphatic heterocycles. The lowest BCUT2D eigenvalue weighted by atomic mass is 10.3. The number of aromatic nitrogens is 2. The van der Waals surface area contributed by atoms with Crippen molar-refractivity contribution < 1.29 is 4.39 Å². The molecule has 0 amide bonds. The van der Waals surface area contributed by atoms with Crippen LogP contribution in [0.5, 0.6) is 0 Å². The summed E-state index contributed by atoms with van der Waals surface area (Å²) in [6.45, 7) is 2.52. The first kappa shape index (κ1) is 14.0. The molecule has 2 aromatic heterocycles. The number of fused-ring (bicyclic) bond motifs is 1. The number of thiophene rings is 1. The fourth-order valence-electron chi connectivity index (χ4n) is 2.18. The molecule has 0 saturated carbocycles. The second-order valence-corrected chi connectivity index (χ2v) is 7.10. The summed E-state index contributed by atoms with van der Waals surface area (Å²) in [4.78, 5) is 5.68. The number of hydrogen-bond acceptors (Lipinski definition) is 2. The molecule has 2 heterocycles. The largest absolute Gasteiger partial charge is 0.321 e. The second-order valence-electron chi connectivity index (χ2n) is 4.54. The first-order valence-electron chi connectivity index (χ1n) is 6.07. The van der Waals surface area contributed by atoms with Crippen LogP contribution in [0.4, 0.5) is 4.39 Å². The smallest absolute Gasteiger partial charge is 0.128 e. The molecular formula is C14H11BrClFN2S. The van der Waals surface area contributed by atoms with Crippen LogP contribution in [0.3, 0.4) is 0 Å². The van der Waals surface area contributed by atoms with Gasteiger partial charge in [-0.05, 0) is 47.1 Å². The molecule has 0 spiro atoms. The van der Waals surface area contributed by atoms with Crippen molar-refractivity contribution in [2.75, 3.05) is 0 Å². The van der Waals surface area contributed by atoms with E-state index in [2.05, 4.69) is 27.0 Å². The minimum absolute atomic E-state index is 0.228. The van der Waals surface area contributed by atoms with Gasteiger partial charge in [-0.15, -0.1) is 22.9 Å². The lowest BCUT2D eigenvalue weighted by molar-refractivity contribution is 0.628. The molecule has 0 fully saturated rings. The van der Waals surface area contributed by atoms with Crippen LogP contribution in [0.2, 0.25) is 0 Å². The van der Waals surface area contributed by atoms with Crippen molar-refractivity contribution in [2.45, 2.75) is 18.8 Å². The zero-order valence-electron chi connectivity index (χ0n) is 10.6. The van der Waals surface area contributed by atoms with Crippen LogP contribution in [-0.2, 0) is 6.54 Å². The number of hydrogen-bond donors (Lipinski definition) is 0. The summed E-state index contributed by atoms with van der Waals surface area (Å²) in [7, 11) is 0. The van der Waals surface area contributed by atoms with E-state index in [1.807, 2.05) is 16.9 Å². The number of nitrogens with zero attached hydrogens (tertiary/aromatic N) is 2. The van der Waals surface area contributed by atoms with Crippen molar-refractivity contribution in [3.8, 4) is 0 Å². The molecule has 1 aromatic carbocycles. The molecular weight excluding hydrogens is 363 g/mol. The Bertz CT molecular complexity index is 766. The molecule has 0 N–H and O–H groups in total. The van der Waals surface area contributed by atoms with Crippen LogP contribution < -0.4 is 0 Å². The van der Waals surface area contributed by atoms with Gasteiger partial charge in [0, 0.05) is 14.7 Å². The van der Waals surface area contributed by atoms with E-state index in [-0.39, 0.29) is 11.2 Å². The molecule has 1 atom stereocenters. The predicted octanol–water partition coefficient (Wildman–Crippen LogP) is 5.35. The molecule has 1 unspecified atom stereocenters. The maximum absolute atomic E-state index is 13.5. The average molecular weight is 374 g/mol. The van der Waals surface area contributed by atoms with Gasteiger partial charge in [0.25, 0.3) is 0 Å². The van der Waals surface area contributed by atoms with Crippen LogP contribution in [0.1, 0.15) is 23.0 Å². The topological polar surface area (TPSA) is 17.8 Å². The third kappa shape index (κ3) is 2.62. The number of halogens is 3. The van der Waals surface area contributed by atoms with Crippen molar-refractivity contribution >= 4 is 49.9 Å². The Balaban J connectivity index is 2.15. The lowest BCUT2D eigenvalue weighted by Gasteiger charge is -2.09. The van der Waals surface area contributed by atoms with E-state index in [1.54, 1.807) is 17.4 Å². The quantitative estimate of drug-likeness (QED) is 0.566. The standard InChI is InChI=1S/C14H11BrClFN2S/c1-8(16)14-18-12-3-2-10(17)5-13(12)19(14)6-11-4-9(15)7-20-11/h2-5,7-8H,6H2,1H3. The highest BCUT2D eigenvalue weighted by Gasteiger charge is 2.16. The summed E-state index contributed by atoms with van der Waals surface area (Å²) in [5.74, 6) is 0.497. The number of benzene rings is 1.